The molecule has 1 saturated carbocycles. The van der Waals surface area contributed by atoms with Crippen LogP contribution in [0.5, 0.6) is 0 Å². The molecule has 19 heavy (non-hydrogen) atoms. The monoisotopic (exact) mass is 262 g/mol. The van der Waals surface area contributed by atoms with E-state index in [1.54, 1.807) is 0 Å². The maximum Gasteiger partial charge on any atom is 0.253 e. The number of rotatable bonds is 3. The minimum Gasteiger partial charge on any atom is -0.349 e. The zero-order valence-electron chi connectivity index (χ0n) is 12.5. The van der Waals surface area contributed by atoms with E-state index in [1.807, 2.05) is 13.0 Å². The van der Waals surface area contributed by atoms with Crippen molar-refractivity contribution in [1.82, 2.24) is 9.88 Å². The fraction of sp³-hybridized carbons (Fsp3) is 0.688. The molecule has 0 saturated heterocycles. The predicted octanol–water partition coefficient (Wildman–Crippen LogP) is 3.58. The van der Waals surface area contributed by atoms with Crippen molar-refractivity contribution < 1.29 is 4.79 Å². The Morgan fingerprint density at radius 2 is 1.89 bits per heavy atom. The summed E-state index contributed by atoms with van der Waals surface area (Å²) in [6, 6.07) is 2.39. The highest BCUT2D eigenvalue weighted by Crippen LogP contribution is 2.19. The molecule has 0 atom stereocenters. The Labute approximate surface area is 116 Å². The molecular formula is C16H26N2O. The first-order valence-corrected chi connectivity index (χ1v) is 7.61. The summed E-state index contributed by atoms with van der Waals surface area (Å²) >= 11 is 0. The van der Waals surface area contributed by atoms with Gasteiger partial charge in [-0.2, -0.15) is 0 Å². The van der Waals surface area contributed by atoms with Crippen LogP contribution in [-0.2, 0) is 6.54 Å². The molecule has 0 aliphatic heterocycles. The van der Waals surface area contributed by atoms with Gasteiger partial charge in [-0.15, -0.1) is 0 Å². The third-order valence-corrected chi connectivity index (χ3v) is 4.32. The Morgan fingerprint density at radius 1 is 1.26 bits per heavy atom. The molecule has 0 spiro atoms. The fourth-order valence-electron chi connectivity index (χ4n) is 3.20. The van der Waals surface area contributed by atoms with Gasteiger partial charge in [0.15, 0.2) is 0 Å². The van der Waals surface area contributed by atoms with Gasteiger partial charge in [-0.05, 0) is 39.7 Å². The van der Waals surface area contributed by atoms with E-state index in [0.717, 1.165) is 30.6 Å². The molecule has 1 aromatic rings. The van der Waals surface area contributed by atoms with Gasteiger partial charge in [-0.25, -0.2) is 0 Å². The van der Waals surface area contributed by atoms with Gasteiger partial charge >= 0.3 is 0 Å². The number of nitrogens with zero attached hydrogens (tertiary/aromatic N) is 1. The van der Waals surface area contributed by atoms with E-state index in [4.69, 9.17) is 0 Å². The third-order valence-electron chi connectivity index (χ3n) is 4.32. The third kappa shape index (κ3) is 3.20. The van der Waals surface area contributed by atoms with Crippen molar-refractivity contribution in [3.05, 3.63) is 23.0 Å². The van der Waals surface area contributed by atoms with Gasteiger partial charge in [-0.3, -0.25) is 4.79 Å². The Kier molecular flexibility index (Phi) is 4.67. The Bertz CT molecular complexity index is 440. The lowest BCUT2D eigenvalue weighted by Crippen LogP contribution is -2.34. The summed E-state index contributed by atoms with van der Waals surface area (Å²) in [5.74, 6) is 0.111. The normalized spacial score (nSPS) is 17.2. The second-order valence-corrected chi connectivity index (χ2v) is 5.69. The van der Waals surface area contributed by atoms with Crippen LogP contribution < -0.4 is 5.32 Å². The van der Waals surface area contributed by atoms with E-state index in [2.05, 4.69) is 23.7 Å². The lowest BCUT2D eigenvalue weighted by molar-refractivity contribution is 0.0932. The molecule has 2 rings (SSSR count). The average molecular weight is 262 g/mol. The second kappa shape index (κ2) is 6.27. The summed E-state index contributed by atoms with van der Waals surface area (Å²) in [4.78, 5) is 12.4. The standard InChI is InChI=1S/C16H26N2O/c1-4-18-12(2)11-15(13(18)3)16(19)17-14-9-7-5-6-8-10-14/h11,14H,4-10H2,1-3H3,(H,17,19). The van der Waals surface area contributed by atoms with Gasteiger partial charge < -0.3 is 9.88 Å². The summed E-state index contributed by atoms with van der Waals surface area (Å²) in [5, 5.41) is 3.23. The van der Waals surface area contributed by atoms with Crippen LogP contribution in [-0.4, -0.2) is 16.5 Å². The number of carbonyl (C=O) groups is 1. The molecule has 1 aromatic heterocycles. The summed E-state index contributed by atoms with van der Waals surface area (Å²) in [6.07, 6.45) is 7.40. The van der Waals surface area contributed by atoms with Crippen molar-refractivity contribution in [1.29, 1.82) is 0 Å². The largest absolute Gasteiger partial charge is 0.349 e. The van der Waals surface area contributed by atoms with Gasteiger partial charge in [0.05, 0.1) is 5.56 Å². The summed E-state index contributed by atoms with van der Waals surface area (Å²) in [5.41, 5.74) is 3.11. The van der Waals surface area contributed by atoms with Crippen LogP contribution in [0.1, 0.15) is 67.2 Å². The number of aryl methyl sites for hydroxylation is 1. The van der Waals surface area contributed by atoms with Gasteiger partial charge in [0.2, 0.25) is 0 Å². The van der Waals surface area contributed by atoms with Gasteiger partial charge in [0.25, 0.3) is 5.91 Å². The van der Waals surface area contributed by atoms with Crippen LogP contribution in [0.2, 0.25) is 0 Å². The molecule has 0 aromatic carbocycles. The highest BCUT2D eigenvalue weighted by atomic mass is 16.1. The minimum atomic E-state index is 0.111. The zero-order chi connectivity index (χ0) is 13.8. The second-order valence-electron chi connectivity index (χ2n) is 5.69. The molecule has 1 fully saturated rings. The van der Waals surface area contributed by atoms with E-state index in [-0.39, 0.29) is 5.91 Å². The summed E-state index contributed by atoms with van der Waals surface area (Å²) in [7, 11) is 0. The molecule has 3 nitrogen and oxygen atoms in total. The van der Waals surface area contributed by atoms with E-state index in [9.17, 15) is 4.79 Å². The smallest absolute Gasteiger partial charge is 0.253 e. The van der Waals surface area contributed by atoms with Crippen molar-refractivity contribution in [2.45, 2.75) is 71.9 Å². The zero-order valence-corrected chi connectivity index (χ0v) is 12.5. The molecular weight excluding hydrogens is 236 g/mol. The molecule has 1 aliphatic rings. The Balaban J connectivity index is 2.07. The number of nitrogens with one attached hydrogen (secondary N) is 1. The van der Waals surface area contributed by atoms with Crippen LogP contribution in [0.4, 0.5) is 0 Å². The quantitative estimate of drug-likeness (QED) is 0.830. The van der Waals surface area contributed by atoms with Crippen molar-refractivity contribution >= 4 is 5.91 Å². The van der Waals surface area contributed by atoms with Crippen LogP contribution in [0.3, 0.4) is 0 Å². The SMILES string of the molecule is CCn1c(C)cc(C(=O)NC2CCCCCC2)c1C. The average Bonchev–Trinajstić information content (AvgIpc) is 2.58. The number of hydrogen-bond donors (Lipinski definition) is 1. The maximum atomic E-state index is 12.4. The van der Waals surface area contributed by atoms with Crippen molar-refractivity contribution in [3.8, 4) is 0 Å². The van der Waals surface area contributed by atoms with E-state index in [0.29, 0.717) is 6.04 Å². The lowest BCUT2D eigenvalue weighted by Gasteiger charge is -2.16. The highest BCUT2D eigenvalue weighted by molar-refractivity contribution is 5.95. The molecule has 1 aliphatic carbocycles. The van der Waals surface area contributed by atoms with Gasteiger partial charge in [-0.1, -0.05) is 25.7 Å². The van der Waals surface area contributed by atoms with Crippen LogP contribution in [0, 0.1) is 13.8 Å². The van der Waals surface area contributed by atoms with Crippen molar-refractivity contribution in [2.24, 2.45) is 0 Å². The molecule has 1 heterocycles. The lowest BCUT2D eigenvalue weighted by atomic mass is 10.1. The van der Waals surface area contributed by atoms with Crippen molar-refractivity contribution in [3.63, 3.8) is 0 Å². The van der Waals surface area contributed by atoms with Gasteiger partial charge in [0.1, 0.15) is 0 Å². The molecule has 1 N–H and O–H groups in total. The fourth-order valence-corrected chi connectivity index (χ4v) is 3.20. The van der Waals surface area contributed by atoms with Gasteiger partial charge in [0, 0.05) is 24.0 Å². The number of carbonyl (C=O) groups excluding carboxylic acids is 1. The molecule has 0 radical (unpaired) electrons. The van der Waals surface area contributed by atoms with Crippen LogP contribution >= 0.6 is 0 Å². The number of aromatic nitrogens is 1. The van der Waals surface area contributed by atoms with E-state index < -0.39 is 0 Å². The summed E-state index contributed by atoms with van der Waals surface area (Å²) < 4.78 is 2.20. The molecule has 0 unspecified atom stereocenters. The number of hydrogen-bond acceptors (Lipinski definition) is 1. The van der Waals surface area contributed by atoms with Crippen molar-refractivity contribution in [2.75, 3.05) is 0 Å². The first-order chi connectivity index (χ1) is 9.13. The highest BCUT2D eigenvalue weighted by Gasteiger charge is 2.19. The maximum absolute atomic E-state index is 12.4. The predicted molar refractivity (Wildman–Crippen MR) is 78.5 cm³/mol. The molecule has 106 valence electrons. The first kappa shape index (κ1) is 14.2. The molecule has 0 bridgehead atoms. The summed E-state index contributed by atoms with van der Waals surface area (Å²) in [6.45, 7) is 7.15. The minimum absolute atomic E-state index is 0.111. The molecule has 3 heteroatoms. The Morgan fingerprint density at radius 3 is 2.42 bits per heavy atom. The number of amides is 1. The van der Waals surface area contributed by atoms with E-state index >= 15 is 0 Å². The van der Waals surface area contributed by atoms with E-state index in [1.165, 1.54) is 31.4 Å². The first-order valence-electron chi connectivity index (χ1n) is 7.61. The van der Waals surface area contributed by atoms with Crippen LogP contribution in [0.15, 0.2) is 6.07 Å². The molecule has 1 amide bonds. The van der Waals surface area contributed by atoms with Crippen LogP contribution in [0.25, 0.3) is 0 Å². The Hall–Kier alpha value is -1.25. The topological polar surface area (TPSA) is 34.0 Å².